The van der Waals surface area contributed by atoms with Gasteiger partial charge in [0.15, 0.2) is 0 Å². The molecule has 1 aliphatic rings. The highest BCUT2D eigenvalue weighted by molar-refractivity contribution is 7.92. The molecule has 0 radical (unpaired) electrons. The average Bonchev–Trinajstić information content (AvgIpc) is 3.37. The Morgan fingerprint density at radius 2 is 1.67 bits per heavy atom. The molecule has 0 aliphatic heterocycles. The molecule has 0 spiro atoms. The number of nitrogens with zero attached hydrogens (tertiary/aromatic N) is 2. The number of anilines is 1. The van der Waals surface area contributed by atoms with Crippen LogP contribution in [-0.4, -0.2) is 50.0 Å². The minimum atomic E-state index is -3.71. The summed E-state index contributed by atoms with van der Waals surface area (Å²) in [6.07, 6.45) is 5.70. The Morgan fingerprint density at radius 3 is 2.28 bits per heavy atom. The Bertz CT molecular complexity index is 1290. The van der Waals surface area contributed by atoms with Crippen LogP contribution in [0.3, 0.4) is 0 Å². The zero-order valence-corrected chi connectivity index (χ0v) is 25.8. The summed E-state index contributed by atoms with van der Waals surface area (Å²) < 4.78 is 26.3. The van der Waals surface area contributed by atoms with Crippen LogP contribution in [0.15, 0.2) is 36.4 Å². The number of benzene rings is 2. The van der Waals surface area contributed by atoms with E-state index in [4.69, 9.17) is 46.4 Å². The third-order valence-corrected chi connectivity index (χ3v) is 9.23. The molecule has 1 atom stereocenters. The van der Waals surface area contributed by atoms with Gasteiger partial charge in [-0.25, -0.2) is 8.42 Å². The molecule has 3 rings (SSSR count). The predicted octanol–water partition coefficient (Wildman–Crippen LogP) is 6.71. The lowest BCUT2D eigenvalue weighted by atomic mass is 10.1. The van der Waals surface area contributed by atoms with Crippen LogP contribution in [0, 0.1) is 0 Å². The van der Waals surface area contributed by atoms with Gasteiger partial charge in [0.05, 0.1) is 27.0 Å². The summed E-state index contributed by atoms with van der Waals surface area (Å²) in [4.78, 5) is 28.4. The van der Waals surface area contributed by atoms with Gasteiger partial charge >= 0.3 is 0 Å². The van der Waals surface area contributed by atoms with Gasteiger partial charge in [0, 0.05) is 30.6 Å². The summed E-state index contributed by atoms with van der Waals surface area (Å²) in [7, 11) is -3.71. The summed E-state index contributed by atoms with van der Waals surface area (Å²) in [5.74, 6) is -0.471. The second-order valence-electron chi connectivity index (χ2n) is 9.72. The van der Waals surface area contributed by atoms with Gasteiger partial charge < -0.3 is 10.2 Å². The van der Waals surface area contributed by atoms with E-state index < -0.39 is 16.1 Å². The Hall–Kier alpha value is -1.71. The van der Waals surface area contributed by atoms with Gasteiger partial charge in [-0.1, -0.05) is 72.2 Å². The third-order valence-electron chi connectivity index (χ3n) is 6.75. The lowest BCUT2D eigenvalue weighted by Gasteiger charge is -2.32. The van der Waals surface area contributed by atoms with Crippen LogP contribution >= 0.6 is 46.4 Å². The smallest absolute Gasteiger partial charge is 0.243 e. The summed E-state index contributed by atoms with van der Waals surface area (Å²) in [6, 6.07) is 9.08. The number of rotatable bonds is 12. The first kappa shape index (κ1) is 31.8. The van der Waals surface area contributed by atoms with Gasteiger partial charge in [-0.2, -0.15) is 0 Å². The molecule has 2 aromatic carbocycles. The maximum atomic E-state index is 13.6. The zero-order chi connectivity index (χ0) is 28.7. The Kier molecular flexibility index (Phi) is 11.6. The molecule has 7 nitrogen and oxygen atoms in total. The van der Waals surface area contributed by atoms with Gasteiger partial charge in [0.25, 0.3) is 0 Å². The highest BCUT2D eigenvalue weighted by Crippen LogP contribution is 2.31. The standard InChI is InChI=1S/C27H33Cl4N3O4S/c1-3-24(27(36)32-20-7-4-5-8-20)33(17-18-10-12-21(29)23(31)15-18)26(35)9-6-14-34(39(2,37)38)25-16-19(28)11-13-22(25)30/h10-13,15-16,20,24H,3-9,14,17H2,1-2H3,(H,32,36)/t24-/m1/s1. The number of amides is 2. The topological polar surface area (TPSA) is 86.8 Å². The van der Waals surface area contributed by atoms with Crippen LogP contribution in [0.1, 0.15) is 57.4 Å². The van der Waals surface area contributed by atoms with Crippen LogP contribution < -0.4 is 9.62 Å². The molecule has 0 aromatic heterocycles. The fourth-order valence-corrected chi connectivity index (χ4v) is 6.51. The Morgan fingerprint density at radius 1 is 1.00 bits per heavy atom. The molecule has 0 unspecified atom stereocenters. The van der Waals surface area contributed by atoms with Crippen molar-refractivity contribution in [2.45, 2.75) is 70.5 Å². The number of carbonyl (C=O) groups is 2. The summed E-state index contributed by atoms with van der Waals surface area (Å²) in [5, 5.41) is 4.42. The number of hydrogen-bond donors (Lipinski definition) is 1. The SMILES string of the molecule is CC[C@H](C(=O)NC1CCCC1)N(Cc1ccc(Cl)c(Cl)c1)C(=O)CCCN(c1cc(Cl)ccc1Cl)S(C)(=O)=O. The highest BCUT2D eigenvalue weighted by atomic mass is 35.5. The molecular weight excluding hydrogens is 604 g/mol. The maximum Gasteiger partial charge on any atom is 0.243 e. The van der Waals surface area contributed by atoms with E-state index in [0.717, 1.165) is 41.8 Å². The van der Waals surface area contributed by atoms with E-state index in [1.807, 2.05) is 6.92 Å². The van der Waals surface area contributed by atoms with Crippen molar-refractivity contribution < 1.29 is 18.0 Å². The van der Waals surface area contributed by atoms with E-state index >= 15 is 0 Å². The first-order valence-electron chi connectivity index (χ1n) is 12.9. The molecule has 0 heterocycles. The molecule has 2 amide bonds. The van der Waals surface area contributed by atoms with Crippen molar-refractivity contribution in [3.05, 3.63) is 62.1 Å². The highest BCUT2D eigenvalue weighted by Gasteiger charge is 2.31. The Labute approximate surface area is 250 Å². The Balaban J connectivity index is 1.80. The predicted molar refractivity (Wildman–Crippen MR) is 159 cm³/mol. The number of carbonyl (C=O) groups excluding carboxylic acids is 2. The fraction of sp³-hybridized carbons (Fsp3) is 0.481. The van der Waals surface area contributed by atoms with Gasteiger partial charge in [-0.3, -0.25) is 13.9 Å². The van der Waals surface area contributed by atoms with Crippen molar-refractivity contribution >= 4 is 73.9 Å². The summed E-state index contributed by atoms with van der Waals surface area (Å²) in [5.41, 5.74) is 0.975. The molecule has 2 aromatic rings. The van der Waals surface area contributed by atoms with E-state index in [1.165, 1.54) is 12.1 Å². The molecule has 0 bridgehead atoms. The molecule has 1 saturated carbocycles. The van der Waals surface area contributed by atoms with Crippen molar-refractivity contribution in [1.82, 2.24) is 10.2 Å². The van der Waals surface area contributed by atoms with Crippen LogP contribution in [0.2, 0.25) is 20.1 Å². The van der Waals surface area contributed by atoms with Crippen molar-refractivity contribution in [1.29, 1.82) is 0 Å². The second-order valence-corrected chi connectivity index (χ2v) is 13.3. The first-order valence-corrected chi connectivity index (χ1v) is 16.2. The number of sulfonamides is 1. The van der Waals surface area contributed by atoms with Crippen LogP contribution in [0.25, 0.3) is 0 Å². The van der Waals surface area contributed by atoms with E-state index in [0.29, 0.717) is 21.5 Å². The molecule has 12 heteroatoms. The van der Waals surface area contributed by atoms with Crippen molar-refractivity contribution in [3.63, 3.8) is 0 Å². The molecule has 1 aliphatic carbocycles. The lowest BCUT2D eigenvalue weighted by Crippen LogP contribution is -2.51. The number of halogens is 4. The number of nitrogens with one attached hydrogen (secondary N) is 1. The van der Waals surface area contributed by atoms with Gasteiger partial charge in [-0.05, 0) is 61.6 Å². The monoisotopic (exact) mass is 635 g/mol. The van der Waals surface area contributed by atoms with Gasteiger partial charge in [0.1, 0.15) is 6.04 Å². The quantitative estimate of drug-likeness (QED) is 0.280. The fourth-order valence-electron chi connectivity index (χ4n) is 4.78. The minimum Gasteiger partial charge on any atom is -0.352 e. The lowest BCUT2D eigenvalue weighted by molar-refractivity contribution is -0.141. The van der Waals surface area contributed by atoms with Gasteiger partial charge in [0.2, 0.25) is 21.8 Å². The van der Waals surface area contributed by atoms with Crippen LogP contribution in [0.4, 0.5) is 5.69 Å². The van der Waals surface area contributed by atoms with Crippen LogP contribution in [-0.2, 0) is 26.2 Å². The first-order chi connectivity index (χ1) is 18.4. The second kappa shape index (κ2) is 14.3. The maximum absolute atomic E-state index is 13.6. The van der Waals surface area contributed by atoms with Crippen LogP contribution in [0.5, 0.6) is 0 Å². The third kappa shape index (κ3) is 8.89. The largest absolute Gasteiger partial charge is 0.352 e. The zero-order valence-electron chi connectivity index (χ0n) is 21.9. The number of hydrogen-bond acceptors (Lipinski definition) is 4. The normalized spacial score (nSPS) is 14.7. The van der Waals surface area contributed by atoms with Crippen molar-refractivity contribution in [2.75, 3.05) is 17.1 Å². The van der Waals surface area contributed by atoms with E-state index in [-0.39, 0.29) is 54.5 Å². The molecule has 1 N–H and O–H groups in total. The summed E-state index contributed by atoms with van der Waals surface area (Å²) >= 11 is 24.6. The molecule has 214 valence electrons. The molecule has 39 heavy (non-hydrogen) atoms. The van der Waals surface area contributed by atoms with E-state index in [9.17, 15) is 18.0 Å². The van der Waals surface area contributed by atoms with Crippen molar-refractivity contribution in [2.24, 2.45) is 0 Å². The van der Waals surface area contributed by atoms with Gasteiger partial charge in [-0.15, -0.1) is 0 Å². The molecular formula is C27H33Cl4N3O4S. The van der Waals surface area contributed by atoms with E-state index in [1.54, 1.807) is 29.2 Å². The molecule has 0 saturated heterocycles. The minimum absolute atomic E-state index is 0.0102. The molecule has 1 fully saturated rings. The van der Waals surface area contributed by atoms with E-state index in [2.05, 4.69) is 5.32 Å². The van der Waals surface area contributed by atoms with Crippen molar-refractivity contribution in [3.8, 4) is 0 Å². The average molecular weight is 637 g/mol. The summed E-state index contributed by atoms with van der Waals surface area (Å²) in [6.45, 7) is 2.03.